The summed E-state index contributed by atoms with van der Waals surface area (Å²) in [6, 6.07) is 36.7. The van der Waals surface area contributed by atoms with Crippen LogP contribution < -0.4 is 13.2 Å². The van der Waals surface area contributed by atoms with Crippen LogP contribution in [0, 0.1) is 20.8 Å². The molecule has 0 amide bonds. The van der Waals surface area contributed by atoms with Crippen molar-refractivity contribution < 1.29 is 9.90 Å². The Labute approximate surface area is 199 Å². The van der Waals surface area contributed by atoms with Crippen LogP contribution in [0.4, 0.5) is 0 Å². The fourth-order valence-corrected chi connectivity index (χ4v) is 16.4. The molecule has 0 radical (unpaired) electrons. The van der Waals surface area contributed by atoms with Crippen molar-refractivity contribution >= 4 is 32.4 Å². The molecule has 1 atom stereocenters. The van der Waals surface area contributed by atoms with E-state index in [9.17, 15) is 9.90 Å². The van der Waals surface area contributed by atoms with Crippen LogP contribution in [-0.2, 0) is 4.79 Å². The summed E-state index contributed by atoms with van der Waals surface area (Å²) in [6.07, 6.45) is 0.0969. The molecule has 0 spiro atoms. The predicted molar refractivity (Wildman–Crippen MR) is 140 cm³/mol. The van der Waals surface area contributed by atoms with Crippen LogP contribution in [0.25, 0.3) is 0 Å². The Bertz CT molecular complexity index is 1100. The van der Waals surface area contributed by atoms with E-state index in [-0.39, 0.29) is 11.2 Å². The van der Waals surface area contributed by atoms with Gasteiger partial charge < -0.3 is 0 Å². The first kappa shape index (κ1) is 23.1. The fourth-order valence-electron chi connectivity index (χ4n) is 4.93. The monoisotopic (exact) mass is 496 g/mol. The Hall–Kier alpha value is -3.11. The number of carbonyl (C=O) groups is 1. The number of aliphatic carboxylic acids is 1. The summed E-state index contributed by atoms with van der Waals surface area (Å²) in [5, 5.41) is 10.1. The molecular weight excluding hydrogens is 465 g/mol. The zero-order valence-corrected chi connectivity index (χ0v) is 21.6. The van der Waals surface area contributed by atoms with E-state index in [0.717, 1.165) is 5.56 Å². The van der Waals surface area contributed by atoms with Gasteiger partial charge in [0.15, 0.2) is 0 Å². The molecule has 1 N–H and O–H groups in total. The van der Waals surface area contributed by atoms with Crippen LogP contribution in [0.3, 0.4) is 0 Å². The molecule has 33 heavy (non-hydrogen) atoms. The third-order valence-electron chi connectivity index (χ3n) is 6.62. The molecule has 0 aliphatic heterocycles. The van der Waals surface area contributed by atoms with Gasteiger partial charge in [0.1, 0.15) is 0 Å². The minimum absolute atomic E-state index is 0.0969. The summed E-state index contributed by atoms with van der Waals surface area (Å²) in [4.78, 5) is 12.3. The number of hydrogen-bond donors (Lipinski definition) is 1. The first-order chi connectivity index (χ1) is 15.9. The van der Waals surface area contributed by atoms with Crippen molar-refractivity contribution in [2.24, 2.45) is 0 Å². The molecule has 166 valence electrons. The summed E-state index contributed by atoms with van der Waals surface area (Å²) in [6.45, 7) is 6.30. The van der Waals surface area contributed by atoms with Crippen LogP contribution in [-0.4, -0.2) is 24.3 Å². The van der Waals surface area contributed by atoms with Gasteiger partial charge in [-0.3, -0.25) is 0 Å². The Morgan fingerprint density at radius 3 is 1.33 bits per heavy atom. The third-order valence-corrected chi connectivity index (χ3v) is 17.8. The van der Waals surface area contributed by atoms with Gasteiger partial charge in [-0.15, -0.1) is 0 Å². The maximum atomic E-state index is 12.3. The van der Waals surface area contributed by atoms with Gasteiger partial charge >= 0.3 is 200 Å². The van der Waals surface area contributed by atoms with E-state index < -0.39 is 19.2 Å². The molecule has 0 aliphatic carbocycles. The molecule has 0 fully saturated rings. The van der Waals surface area contributed by atoms with Crippen LogP contribution in [0.5, 0.6) is 0 Å². The Kier molecular flexibility index (Phi) is 6.85. The van der Waals surface area contributed by atoms with Gasteiger partial charge in [0.25, 0.3) is 0 Å². The van der Waals surface area contributed by atoms with E-state index in [0.29, 0.717) is 0 Å². The number of carboxylic acid groups (broad SMARTS) is 1. The predicted octanol–water partition coefficient (Wildman–Crippen LogP) is 4.88. The van der Waals surface area contributed by atoms with Gasteiger partial charge in [-0.1, -0.05) is 0 Å². The molecule has 4 rings (SSSR count). The molecule has 0 saturated carbocycles. The number of carboxylic acids is 1. The van der Waals surface area contributed by atoms with Gasteiger partial charge in [0.2, 0.25) is 0 Å². The fraction of sp³-hybridized carbons (Fsp3) is 0.167. The average molecular weight is 495 g/mol. The molecule has 0 bridgehead atoms. The van der Waals surface area contributed by atoms with Crippen molar-refractivity contribution in [2.45, 2.75) is 31.9 Å². The molecule has 4 aromatic rings. The molecule has 3 heteroatoms. The second kappa shape index (κ2) is 9.80. The quantitative estimate of drug-likeness (QED) is 0.372. The zero-order chi connectivity index (χ0) is 23.4. The van der Waals surface area contributed by atoms with Gasteiger partial charge in [-0.05, 0) is 0 Å². The van der Waals surface area contributed by atoms with Crippen LogP contribution >= 0.6 is 0 Å². The van der Waals surface area contributed by atoms with E-state index in [4.69, 9.17) is 0 Å². The van der Waals surface area contributed by atoms with Crippen molar-refractivity contribution in [3.8, 4) is 0 Å². The first-order valence-electron chi connectivity index (χ1n) is 11.4. The normalized spacial score (nSPS) is 12.3. The van der Waals surface area contributed by atoms with Crippen LogP contribution in [0.15, 0.2) is 103 Å². The zero-order valence-electron chi connectivity index (χ0n) is 19.5. The summed E-state index contributed by atoms with van der Waals surface area (Å²) >= 11 is -3.55. The Morgan fingerprint density at radius 1 is 0.636 bits per heavy atom. The van der Waals surface area contributed by atoms with Crippen molar-refractivity contribution in [2.75, 3.05) is 0 Å². The summed E-state index contributed by atoms with van der Waals surface area (Å²) < 4.78 is 3.73. The number of hydrogen-bond acceptors (Lipinski definition) is 1. The van der Waals surface area contributed by atoms with Gasteiger partial charge in [-0.25, -0.2) is 0 Å². The molecular formula is C30H30GeO2. The summed E-state index contributed by atoms with van der Waals surface area (Å²) in [5.74, 6) is -0.759. The second-order valence-electron chi connectivity index (χ2n) is 8.97. The van der Waals surface area contributed by atoms with Gasteiger partial charge in [0.05, 0.1) is 0 Å². The van der Waals surface area contributed by atoms with E-state index in [1.807, 2.05) is 18.2 Å². The topological polar surface area (TPSA) is 37.3 Å². The van der Waals surface area contributed by atoms with Gasteiger partial charge in [0, 0.05) is 0 Å². The first-order valence-corrected chi connectivity index (χ1v) is 15.8. The number of rotatable bonds is 7. The molecule has 1 unspecified atom stereocenters. The molecule has 0 aliphatic rings. The van der Waals surface area contributed by atoms with E-state index in [2.05, 4.69) is 106 Å². The summed E-state index contributed by atoms with van der Waals surface area (Å²) in [5.41, 5.74) is 4.72. The Morgan fingerprint density at radius 2 is 1.00 bits per heavy atom. The third kappa shape index (κ3) is 4.67. The maximum absolute atomic E-state index is 12.3. The standard InChI is InChI=1S/C30H30GeO2/c1-22-9-15-26(16-10-22)31(27-17-11-23(2)12-18-27,28-19-13-24(3)14-20-28)29(21-30(32)33)25-7-5-4-6-8-25/h4-20,29H,21H2,1-3H3,(H,32,33). The Balaban J connectivity index is 2.13. The molecule has 0 aromatic heterocycles. The van der Waals surface area contributed by atoms with Crippen molar-refractivity contribution in [3.05, 3.63) is 125 Å². The summed E-state index contributed by atoms with van der Waals surface area (Å²) in [7, 11) is 0. The number of aryl methyl sites for hydroxylation is 3. The number of benzene rings is 4. The van der Waals surface area contributed by atoms with Gasteiger partial charge in [-0.2, -0.15) is 0 Å². The van der Waals surface area contributed by atoms with Crippen LogP contribution in [0.2, 0.25) is 0 Å². The van der Waals surface area contributed by atoms with Crippen molar-refractivity contribution in [1.29, 1.82) is 0 Å². The van der Waals surface area contributed by atoms with Crippen LogP contribution in [0.1, 0.15) is 33.4 Å². The molecule has 2 nitrogen and oxygen atoms in total. The van der Waals surface area contributed by atoms with E-state index in [1.165, 1.54) is 29.9 Å². The second-order valence-corrected chi connectivity index (χ2v) is 17.5. The van der Waals surface area contributed by atoms with Crippen molar-refractivity contribution in [1.82, 2.24) is 0 Å². The molecule has 0 heterocycles. The molecule has 4 aromatic carbocycles. The average Bonchev–Trinajstić information content (AvgIpc) is 2.82. The molecule has 0 saturated heterocycles. The minimum atomic E-state index is -3.55. The SMILES string of the molecule is Cc1cc[c]([Ge]([c]2ccc(C)cc2)([c]2ccc(C)cc2)[CH](CC(=O)O)c2ccccc2)cc1. The van der Waals surface area contributed by atoms with Crippen molar-refractivity contribution in [3.63, 3.8) is 0 Å². The van der Waals surface area contributed by atoms with E-state index in [1.54, 1.807) is 0 Å². The van der Waals surface area contributed by atoms with E-state index >= 15 is 0 Å².